The summed E-state index contributed by atoms with van der Waals surface area (Å²) in [4.78, 5) is 27.2. The number of amides is 1. The molecule has 0 bridgehead atoms. The Labute approximate surface area is 158 Å². The van der Waals surface area contributed by atoms with Crippen LogP contribution in [0, 0.1) is 6.92 Å². The lowest BCUT2D eigenvalue weighted by Crippen LogP contribution is -2.24. The first kappa shape index (κ1) is 18.5. The quantitative estimate of drug-likeness (QED) is 0.659. The van der Waals surface area contributed by atoms with Gasteiger partial charge in [0.2, 0.25) is 0 Å². The second-order valence-electron chi connectivity index (χ2n) is 6.31. The van der Waals surface area contributed by atoms with Crippen molar-refractivity contribution in [3.05, 3.63) is 76.5 Å². The Hall–Kier alpha value is -3.34. The van der Waals surface area contributed by atoms with Crippen molar-refractivity contribution in [2.75, 3.05) is 11.5 Å². The fraction of sp³-hybridized carbons (Fsp3) is 0.182. The van der Waals surface area contributed by atoms with Crippen molar-refractivity contribution in [1.29, 1.82) is 0 Å². The van der Waals surface area contributed by atoms with Crippen molar-refractivity contribution >= 4 is 23.6 Å². The molecule has 0 aliphatic carbocycles. The van der Waals surface area contributed by atoms with Crippen LogP contribution in [0.15, 0.2) is 65.4 Å². The summed E-state index contributed by atoms with van der Waals surface area (Å²) in [6.07, 6.45) is 1.64. The highest BCUT2D eigenvalue weighted by Gasteiger charge is 2.38. The molecular formula is C22H21NO4. The molecule has 3 rings (SSSR count). The lowest BCUT2D eigenvalue weighted by molar-refractivity contribution is -0.138. The summed E-state index contributed by atoms with van der Waals surface area (Å²) in [5.74, 6) is -0.677. The van der Waals surface area contributed by atoms with Crippen LogP contribution in [0.1, 0.15) is 25.0 Å². The number of rotatable bonds is 4. The smallest absolute Gasteiger partial charge is 0.340 e. The number of aryl methyl sites for hydroxylation is 1. The van der Waals surface area contributed by atoms with Gasteiger partial charge in [-0.3, -0.25) is 9.69 Å². The minimum atomic E-state index is -0.525. The van der Waals surface area contributed by atoms with E-state index in [0.29, 0.717) is 16.9 Å². The number of hydrogen-bond acceptors (Lipinski definition) is 4. The monoisotopic (exact) mass is 363 g/mol. The molecule has 0 spiro atoms. The highest BCUT2D eigenvalue weighted by molar-refractivity contribution is 6.23. The van der Waals surface area contributed by atoms with Gasteiger partial charge in [-0.15, -0.1) is 0 Å². The van der Waals surface area contributed by atoms with Gasteiger partial charge >= 0.3 is 5.97 Å². The first-order valence-corrected chi connectivity index (χ1v) is 8.72. The van der Waals surface area contributed by atoms with Gasteiger partial charge in [0.25, 0.3) is 5.91 Å². The van der Waals surface area contributed by atoms with E-state index < -0.39 is 5.97 Å². The lowest BCUT2D eigenvalue weighted by atomic mass is 10.0. The molecule has 1 aliphatic heterocycles. The van der Waals surface area contributed by atoms with Crippen molar-refractivity contribution in [2.24, 2.45) is 0 Å². The number of hydrogen-bond donors (Lipinski definition) is 1. The fourth-order valence-corrected chi connectivity index (χ4v) is 3.02. The van der Waals surface area contributed by atoms with E-state index >= 15 is 0 Å². The summed E-state index contributed by atoms with van der Waals surface area (Å²) in [6.45, 7) is 5.66. The minimum Gasteiger partial charge on any atom is -0.508 e. The molecule has 1 aliphatic rings. The predicted molar refractivity (Wildman–Crippen MR) is 104 cm³/mol. The van der Waals surface area contributed by atoms with E-state index in [1.54, 1.807) is 32.1 Å². The Balaban J connectivity index is 2.11. The molecule has 0 atom stereocenters. The van der Waals surface area contributed by atoms with Crippen molar-refractivity contribution in [2.45, 2.75) is 20.8 Å². The fourth-order valence-electron chi connectivity index (χ4n) is 3.02. The molecule has 5 heteroatoms. The van der Waals surface area contributed by atoms with Crippen LogP contribution in [0.2, 0.25) is 0 Å². The molecule has 0 saturated heterocycles. The summed E-state index contributed by atoms with van der Waals surface area (Å²) in [7, 11) is 0. The Morgan fingerprint density at radius 3 is 2.30 bits per heavy atom. The molecule has 138 valence electrons. The molecule has 0 aromatic heterocycles. The van der Waals surface area contributed by atoms with Gasteiger partial charge in [-0.1, -0.05) is 29.8 Å². The number of anilines is 1. The zero-order valence-electron chi connectivity index (χ0n) is 15.5. The Bertz CT molecular complexity index is 937. The van der Waals surface area contributed by atoms with Crippen LogP contribution in [-0.2, 0) is 14.3 Å². The standard InChI is InChI=1S/C22H21NO4/c1-4-27-22(26)20-15(3)23(17-9-5-14(2)6-10-17)21(25)19(20)13-16-7-11-18(24)12-8-16/h5-13,24H,4H2,1-3H3. The molecule has 1 amide bonds. The van der Waals surface area contributed by atoms with Gasteiger partial charge in [-0.2, -0.15) is 0 Å². The van der Waals surface area contributed by atoms with Crippen LogP contribution < -0.4 is 4.90 Å². The van der Waals surface area contributed by atoms with E-state index in [2.05, 4.69) is 0 Å². The first-order chi connectivity index (χ1) is 12.9. The second-order valence-corrected chi connectivity index (χ2v) is 6.31. The second kappa shape index (κ2) is 7.50. The van der Waals surface area contributed by atoms with Crippen molar-refractivity contribution < 1.29 is 19.4 Å². The molecule has 0 unspecified atom stereocenters. The summed E-state index contributed by atoms with van der Waals surface area (Å²) >= 11 is 0. The Kier molecular flexibility index (Phi) is 5.12. The SMILES string of the molecule is CCOC(=O)C1=C(C)N(c2ccc(C)cc2)C(=O)C1=Cc1ccc(O)cc1. The zero-order chi connectivity index (χ0) is 19.6. The topological polar surface area (TPSA) is 66.8 Å². The summed E-state index contributed by atoms with van der Waals surface area (Å²) in [5, 5.41) is 9.46. The average molecular weight is 363 g/mol. The molecule has 2 aromatic rings. The van der Waals surface area contributed by atoms with Crippen LogP contribution in [0.5, 0.6) is 5.75 Å². The minimum absolute atomic E-state index is 0.133. The summed E-state index contributed by atoms with van der Waals surface area (Å²) < 4.78 is 5.18. The maximum atomic E-state index is 13.2. The van der Waals surface area contributed by atoms with Crippen molar-refractivity contribution in [3.8, 4) is 5.75 Å². The third-order valence-corrected chi connectivity index (χ3v) is 4.38. The molecule has 0 radical (unpaired) electrons. The van der Waals surface area contributed by atoms with Crippen molar-refractivity contribution in [1.82, 2.24) is 0 Å². The highest BCUT2D eigenvalue weighted by Crippen LogP contribution is 2.35. The number of carbonyl (C=O) groups excluding carboxylic acids is 2. The molecule has 2 aromatic carbocycles. The van der Waals surface area contributed by atoms with Gasteiger partial charge in [-0.25, -0.2) is 4.79 Å². The molecule has 27 heavy (non-hydrogen) atoms. The van der Waals surface area contributed by atoms with E-state index in [9.17, 15) is 14.7 Å². The highest BCUT2D eigenvalue weighted by atomic mass is 16.5. The number of nitrogens with zero attached hydrogens (tertiary/aromatic N) is 1. The number of phenols is 1. The van der Waals surface area contributed by atoms with Gasteiger partial charge in [-0.05, 0) is 56.7 Å². The van der Waals surface area contributed by atoms with Gasteiger partial charge in [0.05, 0.1) is 17.8 Å². The van der Waals surface area contributed by atoms with Gasteiger partial charge in [0.1, 0.15) is 5.75 Å². The molecule has 0 saturated carbocycles. The normalized spacial score (nSPS) is 15.6. The molecule has 5 nitrogen and oxygen atoms in total. The van der Waals surface area contributed by atoms with Crippen LogP contribution >= 0.6 is 0 Å². The number of phenolic OH excluding ortho intramolecular Hbond substituents is 1. The maximum absolute atomic E-state index is 13.2. The van der Waals surface area contributed by atoms with Gasteiger partial charge < -0.3 is 9.84 Å². The van der Waals surface area contributed by atoms with E-state index in [1.807, 2.05) is 31.2 Å². The van der Waals surface area contributed by atoms with E-state index in [0.717, 1.165) is 5.56 Å². The van der Waals surface area contributed by atoms with E-state index in [1.165, 1.54) is 17.0 Å². The average Bonchev–Trinajstić information content (AvgIpc) is 2.88. The predicted octanol–water partition coefficient (Wildman–Crippen LogP) is 3.97. The first-order valence-electron chi connectivity index (χ1n) is 8.72. The molecule has 0 fully saturated rings. The zero-order valence-corrected chi connectivity index (χ0v) is 15.5. The summed E-state index contributed by atoms with van der Waals surface area (Å²) in [6, 6.07) is 14.0. The lowest BCUT2D eigenvalue weighted by Gasteiger charge is -2.18. The number of benzene rings is 2. The van der Waals surface area contributed by atoms with Crippen LogP contribution in [-0.4, -0.2) is 23.6 Å². The van der Waals surface area contributed by atoms with E-state index in [4.69, 9.17) is 4.74 Å². The third-order valence-electron chi connectivity index (χ3n) is 4.38. The largest absolute Gasteiger partial charge is 0.508 e. The van der Waals surface area contributed by atoms with Crippen LogP contribution in [0.25, 0.3) is 6.08 Å². The van der Waals surface area contributed by atoms with Crippen molar-refractivity contribution in [3.63, 3.8) is 0 Å². The maximum Gasteiger partial charge on any atom is 0.340 e. The van der Waals surface area contributed by atoms with Crippen LogP contribution in [0.3, 0.4) is 0 Å². The van der Waals surface area contributed by atoms with Gasteiger partial charge in [0, 0.05) is 11.4 Å². The number of carbonyl (C=O) groups is 2. The Morgan fingerprint density at radius 2 is 1.70 bits per heavy atom. The van der Waals surface area contributed by atoms with E-state index in [-0.39, 0.29) is 29.4 Å². The number of ether oxygens (including phenoxy) is 1. The summed E-state index contributed by atoms with van der Waals surface area (Å²) in [5.41, 5.74) is 3.55. The molecule has 1 heterocycles. The number of esters is 1. The van der Waals surface area contributed by atoms with Crippen LogP contribution in [0.4, 0.5) is 5.69 Å². The number of allylic oxidation sites excluding steroid dienone is 1. The number of aromatic hydroxyl groups is 1. The van der Waals surface area contributed by atoms with Gasteiger partial charge in [0.15, 0.2) is 0 Å². The Morgan fingerprint density at radius 1 is 1.07 bits per heavy atom. The molecule has 1 N–H and O–H groups in total. The molecular weight excluding hydrogens is 342 g/mol. The third kappa shape index (κ3) is 3.62.